The maximum atomic E-state index is 11.0. The van der Waals surface area contributed by atoms with E-state index >= 15 is 0 Å². The van der Waals surface area contributed by atoms with Crippen molar-refractivity contribution in [3.05, 3.63) is 27.7 Å². The summed E-state index contributed by atoms with van der Waals surface area (Å²) >= 11 is 3.10. The lowest BCUT2D eigenvalue weighted by Crippen LogP contribution is -2.12. The van der Waals surface area contributed by atoms with Crippen LogP contribution in [0.3, 0.4) is 0 Å². The molecule has 0 unspecified atom stereocenters. The first-order valence-electron chi connectivity index (χ1n) is 4.22. The van der Waals surface area contributed by atoms with Gasteiger partial charge in [0, 0.05) is 4.47 Å². The average molecular weight is 308 g/mol. The number of hydrogen-bond donors (Lipinski definition) is 2. The zero-order valence-corrected chi connectivity index (χ0v) is 11.0. The van der Waals surface area contributed by atoms with E-state index in [9.17, 15) is 13.2 Å². The van der Waals surface area contributed by atoms with Crippen LogP contribution in [0.15, 0.2) is 16.6 Å². The number of rotatable bonds is 3. The number of nitrogens with one attached hydrogen (secondary N) is 1. The molecule has 0 spiro atoms. The molecule has 0 amide bonds. The van der Waals surface area contributed by atoms with Crippen molar-refractivity contribution in [1.82, 2.24) is 0 Å². The van der Waals surface area contributed by atoms with Crippen molar-refractivity contribution in [2.75, 3.05) is 11.0 Å². The summed E-state index contributed by atoms with van der Waals surface area (Å²) in [5.74, 6) is -1.11. The number of carbonyl (C=O) groups is 1. The van der Waals surface area contributed by atoms with Crippen LogP contribution in [0.1, 0.15) is 15.9 Å². The summed E-state index contributed by atoms with van der Waals surface area (Å²) in [4.78, 5) is 11.0. The molecule has 0 fully saturated rings. The summed E-state index contributed by atoms with van der Waals surface area (Å²) in [7, 11) is -3.41. The molecule has 0 radical (unpaired) electrons. The first-order valence-corrected chi connectivity index (χ1v) is 6.91. The topological polar surface area (TPSA) is 83.5 Å². The molecular weight excluding hydrogens is 298 g/mol. The molecule has 7 heteroatoms. The third kappa shape index (κ3) is 2.96. The van der Waals surface area contributed by atoms with E-state index in [0.29, 0.717) is 10.0 Å². The monoisotopic (exact) mass is 307 g/mol. The standard InChI is InChI=1S/C9H10BrNO4S/c1-5-7(11-16(2,14)15)4-3-6(10)8(5)9(12)13/h3-4,11H,1-2H3,(H,12,13). The molecule has 0 bridgehead atoms. The molecule has 0 saturated carbocycles. The fourth-order valence-electron chi connectivity index (χ4n) is 1.25. The SMILES string of the molecule is Cc1c(NS(C)(=O)=O)ccc(Br)c1C(=O)O. The van der Waals surface area contributed by atoms with Gasteiger partial charge in [0.2, 0.25) is 10.0 Å². The van der Waals surface area contributed by atoms with E-state index in [-0.39, 0.29) is 11.3 Å². The Morgan fingerprint density at radius 1 is 1.44 bits per heavy atom. The molecule has 0 atom stereocenters. The molecule has 16 heavy (non-hydrogen) atoms. The minimum absolute atomic E-state index is 0.0497. The maximum Gasteiger partial charge on any atom is 0.337 e. The van der Waals surface area contributed by atoms with Crippen LogP contribution in [0.2, 0.25) is 0 Å². The van der Waals surface area contributed by atoms with Crippen molar-refractivity contribution < 1.29 is 18.3 Å². The fraction of sp³-hybridized carbons (Fsp3) is 0.222. The molecule has 88 valence electrons. The van der Waals surface area contributed by atoms with Crippen LogP contribution in [-0.4, -0.2) is 25.7 Å². The van der Waals surface area contributed by atoms with Crippen LogP contribution in [-0.2, 0) is 10.0 Å². The molecule has 0 aliphatic rings. The summed E-state index contributed by atoms with van der Waals surface area (Å²) in [6.45, 7) is 1.54. The highest BCUT2D eigenvalue weighted by Gasteiger charge is 2.16. The van der Waals surface area contributed by atoms with Crippen LogP contribution in [0.4, 0.5) is 5.69 Å². The van der Waals surface area contributed by atoms with Gasteiger partial charge in [0.25, 0.3) is 0 Å². The van der Waals surface area contributed by atoms with Crippen molar-refractivity contribution in [3.8, 4) is 0 Å². The normalized spacial score (nSPS) is 11.2. The molecule has 1 aromatic carbocycles. The number of carboxylic acid groups (broad SMARTS) is 1. The zero-order valence-electron chi connectivity index (χ0n) is 8.61. The summed E-state index contributed by atoms with van der Waals surface area (Å²) < 4.78 is 24.8. The Balaban J connectivity index is 3.35. The fourth-order valence-corrected chi connectivity index (χ4v) is 2.47. The number of hydrogen-bond acceptors (Lipinski definition) is 3. The van der Waals surface area contributed by atoms with Crippen molar-refractivity contribution in [3.63, 3.8) is 0 Å². The van der Waals surface area contributed by atoms with Crippen LogP contribution in [0.25, 0.3) is 0 Å². The molecule has 0 aliphatic carbocycles. The van der Waals surface area contributed by atoms with Gasteiger partial charge in [-0.3, -0.25) is 4.72 Å². The summed E-state index contributed by atoms with van der Waals surface area (Å²) in [5.41, 5.74) is 0.684. The van der Waals surface area contributed by atoms with Gasteiger partial charge in [-0.15, -0.1) is 0 Å². The zero-order chi connectivity index (χ0) is 12.5. The molecule has 5 nitrogen and oxygen atoms in total. The Kier molecular flexibility index (Phi) is 3.59. The number of aromatic carboxylic acids is 1. The van der Waals surface area contributed by atoms with E-state index in [0.717, 1.165) is 6.26 Å². The van der Waals surface area contributed by atoms with E-state index in [2.05, 4.69) is 20.7 Å². The van der Waals surface area contributed by atoms with Crippen LogP contribution >= 0.6 is 15.9 Å². The lowest BCUT2D eigenvalue weighted by atomic mass is 10.1. The van der Waals surface area contributed by atoms with Crippen molar-refractivity contribution in [1.29, 1.82) is 0 Å². The van der Waals surface area contributed by atoms with Crippen LogP contribution in [0.5, 0.6) is 0 Å². The number of carboxylic acids is 1. The van der Waals surface area contributed by atoms with Crippen molar-refractivity contribution >= 4 is 37.6 Å². The van der Waals surface area contributed by atoms with Gasteiger partial charge in [-0.1, -0.05) is 0 Å². The molecule has 0 aromatic heterocycles. The second-order valence-corrected chi connectivity index (χ2v) is 5.88. The van der Waals surface area contributed by atoms with Gasteiger partial charge in [0.1, 0.15) is 0 Å². The lowest BCUT2D eigenvalue weighted by molar-refractivity contribution is 0.0695. The molecule has 1 rings (SSSR count). The van der Waals surface area contributed by atoms with Gasteiger partial charge >= 0.3 is 5.97 Å². The van der Waals surface area contributed by atoms with E-state index in [4.69, 9.17) is 5.11 Å². The second kappa shape index (κ2) is 4.42. The van der Waals surface area contributed by atoms with Gasteiger partial charge in [0.15, 0.2) is 0 Å². The minimum Gasteiger partial charge on any atom is -0.478 e. The molecule has 0 heterocycles. The Bertz CT molecular complexity index is 539. The number of benzene rings is 1. The van der Waals surface area contributed by atoms with Crippen molar-refractivity contribution in [2.24, 2.45) is 0 Å². The first-order chi connectivity index (χ1) is 7.22. The lowest BCUT2D eigenvalue weighted by Gasteiger charge is -2.11. The van der Waals surface area contributed by atoms with E-state index in [1.165, 1.54) is 12.1 Å². The highest BCUT2D eigenvalue weighted by atomic mass is 79.9. The number of anilines is 1. The van der Waals surface area contributed by atoms with Gasteiger partial charge in [-0.2, -0.15) is 0 Å². The molecular formula is C9H10BrNO4S. The van der Waals surface area contributed by atoms with Crippen LogP contribution < -0.4 is 4.72 Å². The largest absolute Gasteiger partial charge is 0.478 e. The first kappa shape index (κ1) is 13.0. The van der Waals surface area contributed by atoms with E-state index in [1.54, 1.807) is 6.92 Å². The second-order valence-electron chi connectivity index (χ2n) is 3.27. The third-order valence-corrected chi connectivity index (χ3v) is 3.17. The van der Waals surface area contributed by atoms with Gasteiger partial charge in [0.05, 0.1) is 17.5 Å². The Hall–Kier alpha value is -1.08. The minimum atomic E-state index is -3.41. The Morgan fingerprint density at radius 2 is 2.00 bits per heavy atom. The molecule has 1 aromatic rings. The van der Waals surface area contributed by atoms with Gasteiger partial charge in [-0.25, -0.2) is 13.2 Å². The quantitative estimate of drug-likeness (QED) is 0.892. The van der Waals surface area contributed by atoms with Crippen LogP contribution in [0, 0.1) is 6.92 Å². The third-order valence-electron chi connectivity index (χ3n) is 1.92. The highest BCUT2D eigenvalue weighted by molar-refractivity contribution is 9.10. The Labute approximate surface area is 102 Å². The molecule has 2 N–H and O–H groups in total. The predicted molar refractivity (Wildman–Crippen MR) is 64.3 cm³/mol. The summed E-state index contributed by atoms with van der Waals surface area (Å²) in [6, 6.07) is 3.00. The molecule has 0 aliphatic heterocycles. The van der Waals surface area contributed by atoms with Gasteiger partial charge < -0.3 is 5.11 Å². The number of sulfonamides is 1. The van der Waals surface area contributed by atoms with E-state index in [1.807, 2.05) is 0 Å². The van der Waals surface area contributed by atoms with Crippen molar-refractivity contribution in [2.45, 2.75) is 6.92 Å². The number of halogens is 1. The highest BCUT2D eigenvalue weighted by Crippen LogP contribution is 2.27. The predicted octanol–water partition coefficient (Wildman–Crippen LogP) is 1.83. The Morgan fingerprint density at radius 3 is 2.44 bits per heavy atom. The molecule has 0 saturated heterocycles. The van der Waals surface area contributed by atoms with E-state index < -0.39 is 16.0 Å². The summed E-state index contributed by atoms with van der Waals surface area (Å²) in [5, 5.41) is 8.96. The maximum absolute atomic E-state index is 11.0. The smallest absolute Gasteiger partial charge is 0.337 e. The summed E-state index contributed by atoms with van der Waals surface area (Å²) in [6.07, 6.45) is 1.01. The average Bonchev–Trinajstić information content (AvgIpc) is 2.07. The van der Waals surface area contributed by atoms with Gasteiger partial charge in [-0.05, 0) is 40.5 Å².